The maximum Gasteiger partial charge on any atom is 0.573 e. The van der Waals surface area contributed by atoms with Gasteiger partial charge in [0.25, 0.3) is 0 Å². The van der Waals surface area contributed by atoms with Crippen molar-refractivity contribution in [2.24, 2.45) is 0 Å². The van der Waals surface area contributed by atoms with Crippen molar-refractivity contribution in [1.29, 1.82) is 0 Å². The SMILES string of the molecule is CC(C)Oc1ccc(-n2c(C(=O)O)c(Cl)c3cc(C(O)(c4ccc(OC(F)(F)F)cc4)C(F)(F)F)ccc32)cc1. The highest BCUT2D eigenvalue weighted by Crippen LogP contribution is 2.46. The van der Waals surface area contributed by atoms with Crippen molar-refractivity contribution in [3.05, 3.63) is 88.6 Å². The minimum Gasteiger partial charge on any atom is -0.491 e. The van der Waals surface area contributed by atoms with Crippen LogP contribution in [-0.2, 0) is 5.60 Å². The molecule has 0 aliphatic heterocycles. The maximum absolute atomic E-state index is 14.3. The average molecular weight is 588 g/mol. The molecule has 0 aliphatic rings. The summed E-state index contributed by atoms with van der Waals surface area (Å²) in [6, 6.07) is 11.8. The number of fused-ring (bicyclic) bond motifs is 1. The van der Waals surface area contributed by atoms with Gasteiger partial charge in [0, 0.05) is 11.1 Å². The number of nitrogens with zero attached hydrogens (tertiary/aromatic N) is 1. The molecule has 3 aromatic carbocycles. The molecule has 0 spiro atoms. The standard InChI is InChI=1S/C27H20ClF6NO5/c1-14(2)39-18-10-6-17(7-11-18)35-21-12-5-16(13-20(21)22(28)23(35)24(36)37)25(38,26(29,30)31)15-3-8-19(9-4-15)40-27(32,33)34/h3-14,38H,1-2H3,(H,36,37). The highest BCUT2D eigenvalue weighted by molar-refractivity contribution is 6.38. The molecule has 0 aliphatic carbocycles. The van der Waals surface area contributed by atoms with Crippen LogP contribution in [0.1, 0.15) is 35.5 Å². The highest BCUT2D eigenvalue weighted by atomic mass is 35.5. The van der Waals surface area contributed by atoms with E-state index in [0.29, 0.717) is 35.7 Å². The van der Waals surface area contributed by atoms with Gasteiger partial charge in [-0.1, -0.05) is 29.8 Å². The molecule has 2 N–H and O–H groups in total. The molecule has 40 heavy (non-hydrogen) atoms. The summed E-state index contributed by atoms with van der Waals surface area (Å²) < 4.78 is 91.0. The van der Waals surface area contributed by atoms with Crippen LogP contribution in [-0.4, -0.2) is 39.4 Å². The number of alkyl halides is 6. The molecule has 1 aromatic heterocycles. The molecule has 1 atom stereocenters. The van der Waals surface area contributed by atoms with Gasteiger partial charge in [-0.15, -0.1) is 13.2 Å². The van der Waals surface area contributed by atoms with Crippen LogP contribution in [0.2, 0.25) is 5.02 Å². The van der Waals surface area contributed by atoms with Crippen LogP contribution >= 0.6 is 11.6 Å². The van der Waals surface area contributed by atoms with Gasteiger partial charge < -0.3 is 24.3 Å². The number of carboxylic acids is 1. The summed E-state index contributed by atoms with van der Waals surface area (Å²) >= 11 is 6.36. The number of carboxylic acid groups (broad SMARTS) is 1. The first-order valence-corrected chi connectivity index (χ1v) is 11.9. The third kappa shape index (κ3) is 5.41. The van der Waals surface area contributed by atoms with Crippen LogP contribution < -0.4 is 9.47 Å². The fourth-order valence-electron chi connectivity index (χ4n) is 4.27. The molecule has 4 aromatic rings. The lowest BCUT2D eigenvalue weighted by molar-refractivity contribution is -0.274. The number of halogens is 7. The Morgan fingerprint density at radius 1 is 0.875 bits per heavy atom. The number of carbonyl (C=O) groups is 1. The zero-order valence-corrected chi connectivity index (χ0v) is 21.4. The number of rotatable bonds is 7. The fraction of sp³-hybridized carbons (Fsp3) is 0.222. The molecule has 0 radical (unpaired) electrons. The van der Waals surface area contributed by atoms with Crippen molar-refractivity contribution in [3.8, 4) is 17.2 Å². The molecule has 212 valence electrons. The van der Waals surface area contributed by atoms with Gasteiger partial charge in [0.1, 0.15) is 11.5 Å². The number of ether oxygens (including phenoxy) is 2. The molecule has 0 fully saturated rings. The number of hydrogen-bond donors (Lipinski definition) is 2. The first-order valence-electron chi connectivity index (χ1n) is 11.5. The number of aliphatic hydroxyl groups is 1. The summed E-state index contributed by atoms with van der Waals surface area (Å²) in [6.07, 6.45) is -10.5. The summed E-state index contributed by atoms with van der Waals surface area (Å²) in [7, 11) is 0. The third-order valence-corrected chi connectivity index (χ3v) is 6.29. The number of aromatic carboxylic acids is 1. The lowest BCUT2D eigenvalue weighted by Gasteiger charge is -2.31. The Kier molecular flexibility index (Phi) is 7.46. The Morgan fingerprint density at radius 2 is 1.43 bits per heavy atom. The van der Waals surface area contributed by atoms with E-state index in [9.17, 15) is 41.4 Å². The van der Waals surface area contributed by atoms with E-state index in [1.807, 2.05) is 13.8 Å². The van der Waals surface area contributed by atoms with E-state index in [2.05, 4.69) is 4.74 Å². The molecule has 0 saturated carbocycles. The summed E-state index contributed by atoms with van der Waals surface area (Å²) in [5.74, 6) is -1.74. The van der Waals surface area contributed by atoms with Gasteiger partial charge >= 0.3 is 18.5 Å². The molecule has 1 heterocycles. The lowest BCUT2D eigenvalue weighted by Crippen LogP contribution is -2.43. The van der Waals surface area contributed by atoms with Crippen molar-refractivity contribution in [1.82, 2.24) is 4.57 Å². The Morgan fingerprint density at radius 3 is 1.93 bits per heavy atom. The van der Waals surface area contributed by atoms with Gasteiger partial charge in [-0.25, -0.2) is 4.79 Å². The van der Waals surface area contributed by atoms with Gasteiger partial charge in [-0.05, 0) is 73.5 Å². The molecular weight excluding hydrogens is 568 g/mol. The van der Waals surface area contributed by atoms with Crippen LogP contribution in [0.25, 0.3) is 16.6 Å². The Labute approximate surface area is 227 Å². The predicted octanol–water partition coefficient (Wildman–Crippen LogP) is 7.47. The second-order valence-electron chi connectivity index (χ2n) is 8.98. The van der Waals surface area contributed by atoms with Gasteiger partial charge in [0.05, 0.1) is 16.6 Å². The normalized spacial score (nSPS) is 13.9. The minimum absolute atomic E-state index is 0.112. The van der Waals surface area contributed by atoms with Crippen LogP contribution in [0.3, 0.4) is 0 Å². The van der Waals surface area contributed by atoms with Gasteiger partial charge in [-0.2, -0.15) is 13.2 Å². The molecule has 6 nitrogen and oxygen atoms in total. The molecule has 0 amide bonds. The monoisotopic (exact) mass is 587 g/mol. The van der Waals surface area contributed by atoms with E-state index < -0.39 is 46.7 Å². The molecular formula is C27H20ClF6NO5. The van der Waals surface area contributed by atoms with Crippen molar-refractivity contribution < 1.29 is 50.8 Å². The zero-order valence-electron chi connectivity index (χ0n) is 20.6. The highest BCUT2D eigenvalue weighted by Gasteiger charge is 2.56. The van der Waals surface area contributed by atoms with Gasteiger partial charge in [-0.3, -0.25) is 0 Å². The van der Waals surface area contributed by atoms with Crippen LogP contribution in [0.15, 0.2) is 66.7 Å². The van der Waals surface area contributed by atoms with Crippen LogP contribution in [0.4, 0.5) is 26.3 Å². The van der Waals surface area contributed by atoms with Crippen LogP contribution in [0.5, 0.6) is 11.5 Å². The average Bonchev–Trinajstić information content (AvgIpc) is 3.14. The molecule has 0 bridgehead atoms. The van der Waals surface area contributed by atoms with Gasteiger partial charge in [0.15, 0.2) is 5.69 Å². The Hall–Kier alpha value is -3.90. The van der Waals surface area contributed by atoms with Gasteiger partial charge in [0.2, 0.25) is 5.60 Å². The first-order chi connectivity index (χ1) is 18.5. The minimum atomic E-state index is -5.34. The second kappa shape index (κ2) is 10.3. The summed E-state index contributed by atoms with van der Waals surface area (Å²) in [6.45, 7) is 3.64. The van der Waals surface area contributed by atoms with E-state index in [1.165, 1.54) is 10.6 Å². The lowest BCUT2D eigenvalue weighted by atomic mass is 9.85. The molecule has 13 heteroatoms. The summed E-state index contributed by atoms with van der Waals surface area (Å²) in [4.78, 5) is 12.1. The molecule has 1 unspecified atom stereocenters. The fourth-order valence-corrected chi connectivity index (χ4v) is 4.59. The van der Waals surface area contributed by atoms with Crippen molar-refractivity contribution >= 4 is 28.5 Å². The summed E-state index contributed by atoms with van der Waals surface area (Å²) in [5, 5.41) is 20.4. The largest absolute Gasteiger partial charge is 0.573 e. The number of aromatic nitrogens is 1. The van der Waals surface area contributed by atoms with E-state index in [4.69, 9.17) is 16.3 Å². The smallest absolute Gasteiger partial charge is 0.491 e. The zero-order chi connectivity index (χ0) is 29.6. The topological polar surface area (TPSA) is 80.9 Å². The number of hydrogen-bond acceptors (Lipinski definition) is 4. The van der Waals surface area contributed by atoms with E-state index in [-0.39, 0.29) is 22.0 Å². The van der Waals surface area contributed by atoms with E-state index in [1.54, 1.807) is 24.3 Å². The van der Waals surface area contributed by atoms with Crippen molar-refractivity contribution in [2.75, 3.05) is 0 Å². The Balaban J connectivity index is 1.87. The van der Waals surface area contributed by atoms with E-state index in [0.717, 1.165) is 12.1 Å². The number of benzene rings is 3. The quantitative estimate of drug-likeness (QED) is 0.219. The molecule has 0 saturated heterocycles. The third-order valence-electron chi connectivity index (χ3n) is 5.91. The van der Waals surface area contributed by atoms with Crippen LogP contribution in [0, 0.1) is 0 Å². The summed E-state index contributed by atoms with van der Waals surface area (Å²) in [5.41, 5.74) is -5.22. The van der Waals surface area contributed by atoms with Crippen molar-refractivity contribution in [2.45, 2.75) is 38.1 Å². The molecule has 4 rings (SSSR count). The second-order valence-corrected chi connectivity index (χ2v) is 9.35. The maximum atomic E-state index is 14.3. The first kappa shape index (κ1) is 29.1. The predicted molar refractivity (Wildman–Crippen MR) is 133 cm³/mol. The van der Waals surface area contributed by atoms with E-state index >= 15 is 0 Å². The van der Waals surface area contributed by atoms with Crippen molar-refractivity contribution in [3.63, 3.8) is 0 Å². The Bertz CT molecular complexity index is 1550.